The van der Waals surface area contributed by atoms with E-state index in [0.717, 1.165) is 35.4 Å². The molecule has 1 aromatic heterocycles. The van der Waals surface area contributed by atoms with Crippen molar-refractivity contribution >= 4 is 23.2 Å². The number of amides is 2. The van der Waals surface area contributed by atoms with Crippen LogP contribution < -0.4 is 11.1 Å². The molecule has 0 aliphatic heterocycles. The van der Waals surface area contributed by atoms with Crippen molar-refractivity contribution in [3.05, 3.63) is 21.4 Å². The maximum atomic E-state index is 11.8. The fraction of sp³-hybridized carbons (Fsp3) is 0.600. The first-order chi connectivity index (χ1) is 9.35. The van der Waals surface area contributed by atoms with Crippen molar-refractivity contribution in [2.75, 3.05) is 0 Å². The molecule has 4 nitrogen and oxygen atoms in total. The molecule has 110 valence electrons. The summed E-state index contributed by atoms with van der Waals surface area (Å²) in [6.07, 6.45) is 3.89. The van der Waals surface area contributed by atoms with Crippen molar-refractivity contribution in [2.24, 2.45) is 5.73 Å². The van der Waals surface area contributed by atoms with Gasteiger partial charge in [-0.3, -0.25) is 9.59 Å². The lowest BCUT2D eigenvalue weighted by Gasteiger charge is -2.29. The third kappa shape index (κ3) is 2.73. The average Bonchev–Trinajstić information content (AvgIpc) is 2.93. The molecular weight excluding hydrogens is 272 g/mol. The van der Waals surface area contributed by atoms with Gasteiger partial charge in [-0.05, 0) is 24.8 Å². The van der Waals surface area contributed by atoms with E-state index in [0.29, 0.717) is 11.5 Å². The minimum atomic E-state index is -0.403. The molecule has 0 atom stereocenters. The number of hydrogen-bond acceptors (Lipinski definition) is 3. The first-order valence-electron chi connectivity index (χ1n) is 7.08. The summed E-state index contributed by atoms with van der Waals surface area (Å²) >= 11 is 1.62. The van der Waals surface area contributed by atoms with E-state index in [-0.39, 0.29) is 5.91 Å². The van der Waals surface area contributed by atoms with E-state index in [1.807, 2.05) is 6.07 Å². The van der Waals surface area contributed by atoms with Crippen LogP contribution in [0.1, 0.15) is 72.5 Å². The Morgan fingerprint density at radius 1 is 1.35 bits per heavy atom. The molecule has 3 N–H and O–H groups in total. The Kier molecular flexibility index (Phi) is 4.18. The summed E-state index contributed by atoms with van der Waals surface area (Å²) in [7, 11) is 0. The molecule has 0 radical (unpaired) electrons. The van der Waals surface area contributed by atoms with Crippen LogP contribution in [-0.2, 0) is 10.3 Å². The molecule has 1 fully saturated rings. The van der Waals surface area contributed by atoms with Crippen molar-refractivity contribution in [3.63, 3.8) is 0 Å². The molecule has 20 heavy (non-hydrogen) atoms. The lowest BCUT2D eigenvalue weighted by molar-refractivity contribution is -0.120. The number of thiophene rings is 1. The van der Waals surface area contributed by atoms with Gasteiger partial charge >= 0.3 is 0 Å². The van der Waals surface area contributed by atoms with Crippen molar-refractivity contribution in [1.82, 2.24) is 5.32 Å². The highest BCUT2D eigenvalue weighted by Gasteiger charge is 2.40. The minimum Gasteiger partial charge on any atom is -0.366 e. The molecule has 1 aromatic rings. The van der Waals surface area contributed by atoms with Gasteiger partial charge in [0.25, 0.3) is 0 Å². The fourth-order valence-electron chi connectivity index (χ4n) is 2.96. The van der Waals surface area contributed by atoms with Crippen LogP contribution in [0.2, 0.25) is 0 Å². The first-order valence-corrected chi connectivity index (χ1v) is 7.90. The molecule has 0 bridgehead atoms. The van der Waals surface area contributed by atoms with Crippen LogP contribution >= 0.6 is 11.3 Å². The Morgan fingerprint density at radius 3 is 2.40 bits per heavy atom. The monoisotopic (exact) mass is 294 g/mol. The van der Waals surface area contributed by atoms with Crippen LogP contribution in [-0.4, -0.2) is 11.8 Å². The molecule has 1 aliphatic carbocycles. The Balaban J connectivity index is 2.52. The second-order valence-electron chi connectivity index (χ2n) is 5.88. The quantitative estimate of drug-likeness (QED) is 0.896. The summed E-state index contributed by atoms with van der Waals surface area (Å²) in [5.41, 5.74) is 5.72. The van der Waals surface area contributed by atoms with Crippen LogP contribution in [0.4, 0.5) is 0 Å². The van der Waals surface area contributed by atoms with Gasteiger partial charge in [-0.2, -0.15) is 0 Å². The summed E-state index contributed by atoms with van der Waals surface area (Å²) in [5, 5.41) is 3.08. The molecule has 0 aromatic carbocycles. The van der Waals surface area contributed by atoms with Gasteiger partial charge in [0, 0.05) is 16.7 Å². The Hall–Kier alpha value is -1.36. The lowest BCUT2D eigenvalue weighted by atomic mass is 9.92. The predicted molar refractivity (Wildman–Crippen MR) is 80.9 cm³/mol. The third-order valence-electron chi connectivity index (χ3n) is 3.89. The fourth-order valence-corrected chi connectivity index (χ4v) is 4.33. The van der Waals surface area contributed by atoms with Crippen molar-refractivity contribution < 1.29 is 9.59 Å². The normalized spacial score (nSPS) is 17.4. The van der Waals surface area contributed by atoms with Crippen LogP contribution in [0, 0.1) is 0 Å². The topological polar surface area (TPSA) is 72.2 Å². The smallest absolute Gasteiger partial charge is 0.249 e. The molecule has 1 saturated carbocycles. The first kappa shape index (κ1) is 15.0. The summed E-state index contributed by atoms with van der Waals surface area (Å²) in [4.78, 5) is 25.4. The van der Waals surface area contributed by atoms with Crippen molar-refractivity contribution in [2.45, 2.75) is 57.9 Å². The molecule has 1 aliphatic rings. The standard InChI is InChI=1S/C15H22N2O2S/c1-9(2)12-8-11(14(16)19)13(20-12)15(17-10(3)18)6-4-5-7-15/h8-9H,4-7H2,1-3H3,(H2,16,19)(H,17,18). The van der Waals surface area contributed by atoms with Crippen LogP contribution in [0.3, 0.4) is 0 Å². The highest BCUT2D eigenvalue weighted by molar-refractivity contribution is 7.12. The summed E-state index contributed by atoms with van der Waals surface area (Å²) in [6, 6.07) is 1.90. The summed E-state index contributed by atoms with van der Waals surface area (Å²) in [6.45, 7) is 5.72. The van der Waals surface area contributed by atoms with E-state index >= 15 is 0 Å². The average molecular weight is 294 g/mol. The van der Waals surface area contributed by atoms with Crippen LogP contribution in [0.25, 0.3) is 0 Å². The lowest BCUT2D eigenvalue weighted by Crippen LogP contribution is -2.43. The number of nitrogens with two attached hydrogens (primary N) is 1. The zero-order chi connectivity index (χ0) is 14.9. The molecule has 0 saturated heterocycles. The second kappa shape index (κ2) is 5.56. The molecule has 1 heterocycles. The largest absolute Gasteiger partial charge is 0.366 e. The number of nitrogens with one attached hydrogen (secondary N) is 1. The van der Waals surface area contributed by atoms with Gasteiger partial charge in [0.2, 0.25) is 11.8 Å². The summed E-state index contributed by atoms with van der Waals surface area (Å²) in [5.74, 6) is -0.107. The number of carbonyl (C=O) groups excluding carboxylic acids is 2. The van der Waals surface area contributed by atoms with Crippen LogP contribution in [0.5, 0.6) is 0 Å². The SMILES string of the molecule is CC(=O)NC1(c2sc(C(C)C)cc2C(N)=O)CCCC1. The number of hydrogen-bond donors (Lipinski definition) is 2. The Morgan fingerprint density at radius 2 is 1.95 bits per heavy atom. The number of primary amides is 1. The maximum absolute atomic E-state index is 11.8. The van der Waals surface area contributed by atoms with Crippen molar-refractivity contribution in [1.29, 1.82) is 0 Å². The molecule has 2 amide bonds. The van der Waals surface area contributed by atoms with Gasteiger partial charge in [-0.15, -0.1) is 11.3 Å². The van der Waals surface area contributed by atoms with Gasteiger partial charge < -0.3 is 11.1 Å². The summed E-state index contributed by atoms with van der Waals surface area (Å²) < 4.78 is 0. The van der Waals surface area contributed by atoms with Gasteiger partial charge in [-0.1, -0.05) is 26.7 Å². The second-order valence-corrected chi connectivity index (χ2v) is 6.96. The number of carbonyl (C=O) groups is 2. The van der Waals surface area contributed by atoms with E-state index in [1.165, 1.54) is 6.92 Å². The maximum Gasteiger partial charge on any atom is 0.249 e. The highest BCUT2D eigenvalue weighted by atomic mass is 32.1. The van der Waals surface area contributed by atoms with Crippen molar-refractivity contribution in [3.8, 4) is 0 Å². The zero-order valence-electron chi connectivity index (χ0n) is 12.3. The Bertz CT molecular complexity index is 528. The van der Waals surface area contributed by atoms with Crippen LogP contribution in [0.15, 0.2) is 6.07 Å². The van der Waals surface area contributed by atoms with E-state index in [9.17, 15) is 9.59 Å². The Labute approximate surface area is 123 Å². The van der Waals surface area contributed by atoms with Gasteiger partial charge in [-0.25, -0.2) is 0 Å². The van der Waals surface area contributed by atoms with E-state index in [2.05, 4.69) is 19.2 Å². The van der Waals surface area contributed by atoms with Gasteiger partial charge in [0.15, 0.2) is 0 Å². The minimum absolute atomic E-state index is 0.0539. The van der Waals surface area contributed by atoms with E-state index < -0.39 is 11.4 Å². The third-order valence-corrected chi connectivity index (χ3v) is 5.53. The highest BCUT2D eigenvalue weighted by Crippen LogP contribution is 2.45. The zero-order valence-corrected chi connectivity index (χ0v) is 13.1. The molecule has 0 unspecified atom stereocenters. The molecule has 2 rings (SSSR count). The van der Waals surface area contributed by atoms with Gasteiger partial charge in [0.1, 0.15) is 0 Å². The van der Waals surface area contributed by atoms with E-state index in [4.69, 9.17) is 5.73 Å². The van der Waals surface area contributed by atoms with Gasteiger partial charge in [0.05, 0.1) is 11.1 Å². The predicted octanol–water partition coefficient (Wildman–Crippen LogP) is 2.88. The van der Waals surface area contributed by atoms with E-state index in [1.54, 1.807) is 11.3 Å². The molecular formula is C15H22N2O2S. The molecule has 5 heteroatoms. The number of rotatable bonds is 4. The molecule has 0 spiro atoms.